The van der Waals surface area contributed by atoms with Gasteiger partial charge >= 0.3 is 0 Å². The van der Waals surface area contributed by atoms with E-state index in [-0.39, 0.29) is 5.54 Å². The largest absolute Gasteiger partial charge is 0.431 e. The summed E-state index contributed by atoms with van der Waals surface area (Å²) in [5.74, 6) is 1.08. The lowest BCUT2D eigenvalue weighted by molar-refractivity contribution is 0.344. The van der Waals surface area contributed by atoms with Gasteiger partial charge in [-0.1, -0.05) is 6.92 Å². The molecule has 2 N–H and O–H groups in total. The van der Waals surface area contributed by atoms with E-state index in [9.17, 15) is 0 Å². The molecule has 72 valence electrons. The van der Waals surface area contributed by atoms with Crippen LogP contribution in [0.2, 0.25) is 0 Å². The Morgan fingerprint density at radius 1 is 1.54 bits per heavy atom. The van der Waals surface area contributed by atoms with Crippen LogP contribution in [0, 0.1) is 0 Å². The van der Waals surface area contributed by atoms with Gasteiger partial charge < -0.3 is 10.5 Å². The molecule has 0 fully saturated rings. The molecule has 0 spiro atoms. The fourth-order valence-electron chi connectivity index (χ4n) is 2.15. The molecule has 1 atom stereocenters. The van der Waals surface area contributed by atoms with Crippen LogP contribution in [0.15, 0.2) is 16.3 Å². The number of nitrogens with two attached hydrogens (primary N) is 1. The van der Waals surface area contributed by atoms with E-state index in [4.69, 9.17) is 10.5 Å². The van der Waals surface area contributed by atoms with Crippen molar-refractivity contribution in [2.75, 3.05) is 0 Å². The van der Waals surface area contributed by atoms with E-state index in [1.807, 2.05) is 0 Å². The standard InChI is InChI=1S/C10H16N2O/c1-3-10(2)7-5-4-6-8(7)13-9(11)12-10/h3-6H2,1-2H3,(H2,11,12). The average molecular weight is 180 g/mol. The number of aliphatic imine (C=N–C) groups is 1. The van der Waals surface area contributed by atoms with Gasteiger partial charge in [0.25, 0.3) is 6.02 Å². The van der Waals surface area contributed by atoms with Gasteiger partial charge in [-0.05, 0) is 31.8 Å². The van der Waals surface area contributed by atoms with Crippen molar-refractivity contribution in [3.8, 4) is 0 Å². The van der Waals surface area contributed by atoms with Gasteiger partial charge in [0.15, 0.2) is 0 Å². The van der Waals surface area contributed by atoms with Gasteiger partial charge in [0.1, 0.15) is 5.76 Å². The maximum atomic E-state index is 5.64. The van der Waals surface area contributed by atoms with Crippen molar-refractivity contribution in [3.05, 3.63) is 11.3 Å². The quantitative estimate of drug-likeness (QED) is 0.670. The Balaban J connectivity index is 2.38. The molecule has 0 saturated heterocycles. The first-order valence-electron chi connectivity index (χ1n) is 4.91. The van der Waals surface area contributed by atoms with Crippen LogP contribution < -0.4 is 5.73 Å². The van der Waals surface area contributed by atoms with Gasteiger partial charge in [-0.2, -0.15) is 0 Å². The van der Waals surface area contributed by atoms with Crippen LogP contribution in [-0.2, 0) is 4.74 Å². The van der Waals surface area contributed by atoms with Crippen molar-refractivity contribution in [2.45, 2.75) is 45.1 Å². The van der Waals surface area contributed by atoms with Gasteiger partial charge in [-0.3, -0.25) is 0 Å². The van der Waals surface area contributed by atoms with Crippen molar-refractivity contribution in [1.29, 1.82) is 0 Å². The molecular weight excluding hydrogens is 164 g/mol. The van der Waals surface area contributed by atoms with Crippen LogP contribution in [0.25, 0.3) is 0 Å². The number of rotatable bonds is 1. The van der Waals surface area contributed by atoms with Crippen LogP contribution >= 0.6 is 0 Å². The highest BCUT2D eigenvalue weighted by Gasteiger charge is 2.36. The summed E-state index contributed by atoms with van der Waals surface area (Å²) in [5, 5.41) is 0. The molecule has 0 aromatic rings. The zero-order valence-electron chi connectivity index (χ0n) is 8.26. The van der Waals surface area contributed by atoms with E-state index in [2.05, 4.69) is 18.8 Å². The van der Waals surface area contributed by atoms with Gasteiger partial charge in [0, 0.05) is 6.42 Å². The smallest absolute Gasteiger partial charge is 0.288 e. The zero-order chi connectivity index (χ0) is 9.47. The van der Waals surface area contributed by atoms with Gasteiger partial charge in [-0.15, -0.1) is 0 Å². The third kappa shape index (κ3) is 1.23. The minimum Gasteiger partial charge on any atom is -0.431 e. The first-order chi connectivity index (χ1) is 6.15. The van der Waals surface area contributed by atoms with Crippen LogP contribution in [0.4, 0.5) is 0 Å². The third-order valence-corrected chi connectivity index (χ3v) is 3.09. The van der Waals surface area contributed by atoms with E-state index < -0.39 is 0 Å². The summed E-state index contributed by atoms with van der Waals surface area (Å²) in [7, 11) is 0. The molecule has 2 rings (SSSR count). The number of amidine groups is 1. The summed E-state index contributed by atoms with van der Waals surface area (Å²) in [5.41, 5.74) is 6.91. The first kappa shape index (κ1) is 8.60. The van der Waals surface area contributed by atoms with Crippen molar-refractivity contribution in [1.82, 2.24) is 0 Å². The molecule has 3 nitrogen and oxygen atoms in total. The van der Waals surface area contributed by atoms with Gasteiger partial charge in [0.05, 0.1) is 5.54 Å². The normalized spacial score (nSPS) is 32.6. The molecule has 0 amide bonds. The molecule has 13 heavy (non-hydrogen) atoms. The lowest BCUT2D eigenvalue weighted by Crippen LogP contribution is -2.33. The summed E-state index contributed by atoms with van der Waals surface area (Å²) in [4.78, 5) is 4.39. The van der Waals surface area contributed by atoms with E-state index in [0.29, 0.717) is 6.02 Å². The van der Waals surface area contributed by atoms with Gasteiger partial charge in [-0.25, -0.2) is 4.99 Å². The van der Waals surface area contributed by atoms with Crippen molar-refractivity contribution >= 4 is 6.02 Å². The van der Waals surface area contributed by atoms with E-state index >= 15 is 0 Å². The Bertz CT molecular complexity index is 293. The number of hydrogen-bond donors (Lipinski definition) is 1. The van der Waals surface area contributed by atoms with Crippen LogP contribution in [0.1, 0.15) is 39.5 Å². The molecule has 1 aliphatic heterocycles. The van der Waals surface area contributed by atoms with Crippen molar-refractivity contribution in [2.24, 2.45) is 10.7 Å². The highest BCUT2D eigenvalue weighted by molar-refractivity contribution is 5.75. The maximum absolute atomic E-state index is 5.64. The molecular formula is C10H16N2O. The lowest BCUT2D eigenvalue weighted by atomic mass is 9.88. The summed E-state index contributed by atoms with van der Waals surface area (Å²) >= 11 is 0. The Hall–Kier alpha value is -0.990. The second-order valence-electron chi connectivity index (χ2n) is 3.93. The van der Waals surface area contributed by atoms with E-state index in [1.54, 1.807) is 0 Å². The SMILES string of the molecule is CCC1(C)N=C(N)OC2=C1CCC2. The van der Waals surface area contributed by atoms with E-state index in [0.717, 1.165) is 25.0 Å². The average Bonchev–Trinajstić information content (AvgIpc) is 2.52. The second-order valence-corrected chi connectivity index (χ2v) is 3.93. The molecule has 2 aliphatic rings. The topological polar surface area (TPSA) is 47.6 Å². The molecule has 3 heteroatoms. The molecule has 1 aliphatic carbocycles. The van der Waals surface area contributed by atoms with Crippen LogP contribution in [0.5, 0.6) is 0 Å². The van der Waals surface area contributed by atoms with Crippen LogP contribution in [0.3, 0.4) is 0 Å². The zero-order valence-corrected chi connectivity index (χ0v) is 8.26. The predicted molar refractivity (Wildman–Crippen MR) is 52.3 cm³/mol. The Morgan fingerprint density at radius 3 is 3.00 bits per heavy atom. The second kappa shape index (κ2) is 2.76. The molecule has 0 saturated carbocycles. The number of nitrogens with zero attached hydrogens (tertiary/aromatic N) is 1. The Kier molecular flexibility index (Phi) is 1.82. The predicted octanol–water partition coefficient (Wildman–Crippen LogP) is 1.94. The molecule has 1 unspecified atom stereocenters. The molecule has 0 aromatic carbocycles. The Morgan fingerprint density at radius 2 is 2.31 bits per heavy atom. The first-order valence-corrected chi connectivity index (χ1v) is 4.91. The highest BCUT2D eigenvalue weighted by atomic mass is 16.5. The van der Waals surface area contributed by atoms with Crippen molar-refractivity contribution < 1.29 is 4.74 Å². The molecule has 0 radical (unpaired) electrons. The fraction of sp³-hybridized carbons (Fsp3) is 0.700. The summed E-state index contributed by atoms with van der Waals surface area (Å²) < 4.78 is 5.41. The molecule has 0 bridgehead atoms. The monoisotopic (exact) mass is 180 g/mol. The number of hydrogen-bond acceptors (Lipinski definition) is 3. The number of allylic oxidation sites excluding steroid dienone is 1. The fourth-order valence-corrected chi connectivity index (χ4v) is 2.15. The lowest BCUT2D eigenvalue weighted by Gasteiger charge is -2.30. The summed E-state index contributed by atoms with van der Waals surface area (Å²) in [6.07, 6.45) is 4.33. The Labute approximate surface area is 78.7 Å². The minimum atomic E-state index is -0.0891. The maximum Gasteiger partial charge on any atom is 0.288 e. The third-order valence-electron chi connectivity index (χ3n) is 3.09. The van der Waals surface area contributed by atoms with Crippen molar-refractivity contribution in [3.63, 3.8) is 0 Å². The molecule has 0 aromatic heterocycles. The minimum absolute atomic E-state index is 0.0891. The van der Waals surface area contributed by atoms with E-state index in [1.165, 1.54) is 12.0 Å². The summed E-state index contributed by atoms with van der Waals surface area (Å²) in [6.45, 7) is 4.29. The summed E-state index contributed by atoms with van der Waals surface area (Å²) in [6, 6.07) is 0.338. The van der Waals surface area contributed by atoms with Crippen LogP contribution in [-0.4, -0.2) is 11.6 Å². The highest BCUT2D eigenvalue weighted by Crippen LogP contribution is 2.40. The van der Waals surface area contributed by atoms with Gasteiger partial charge in [0.2, 0.25) is 0 Å². The molecule has 1 heterocycles. The number of ether oxygens (including phenoxy) is 1.